The van der Waals surface area contributed by atoms with E-state index in [2.05, 4.69) is 18.9 Å². The van der Waals surface area contributed by atoms with E-state index in [9.17, 15) is 4.79 Å². The van der Waals surface area contributed by atoms with E-state index in [1.165, 1.54) is 10.2 Å². The summed E-state index contributed by atoms with van der Waals surface area (Å²) in [5.41, 5.74) is 3.04. The predicted molar refractivity (Wildman–Crippen MR) is 105 cm³/mol. The van der Waals surface area contributed by atoms with Crippen LogP contribution in [-0.4, -0.2) is 22.3 Å². The first-order chi connectivity index (χ1) is 12.5. The summed E-state index contributed by atoms with van der Waals surface area (Å²) < 4.78 is 7.32. The maximum Gasteiger partial charge on any atom is 0.284 e. The molecule has 0 saturated carbocycles. The molecule has 0 unspecified atom stereocenters. The predicted octanol–water partition coefficient (Wildman–Crippen LogP) is 4.96. The van der Waals surface area contributed by atoms with Gasteiger partial charge >= 0.3 is 0 Å². The van der Waals surface area contributed by atoms with Crippen LogP contribution in [-0.2, 0) is 6.42 Å². The highest BCUT2D eigenvalue weighted by Crippen LogP contribution is 2.25. The Kier molecular flexibility index (Phi) is 5.40. The summed E-state index contributed by atoms with van der Waals surface area (Å²) in [6.07, 6.45) is 2.04. The zero-order chi connectivity index (χ0) is 18.7. The highest BCUT2D eigenvalue weighted by Gasteiger charge is 2.17. The molecule has 0 saturated heterocycles. The molecule has 0 aliphatic carbocycles. The van der Waals surface area contributed by atoms with Crippen molar-refractivity contribution in [1.82, 2.24) is 9.78 Å². The monoisotopic (exact) mass is 350 g/mol. The molecule has 0 bridgehead atoms. The lowest BCUT2D eigenvalue weighted by atomic mass is 10.0. The Bertz CT molecular complexity index is 920. The lowest BCUT2D eigenvalue weighted by Gasteiger charge is -2.10. The fourth-order valence-electron chi connectivity index (χ4n) is 3.23. The van der Waals surface area contributed by atoms with Crippen LogP contribution in [0.25, 0.3) is 10.8 Å². The van der Waals surface area contributed by atoms with Gasteiger partial charge in [0.1, 0.15) is 5.75 Å². The first-order valence-corrected chi connectivity index (χ1v) is 9.16. The van der Waals surface area contributed by atoms with Crippen molar-refractivity contribution < 1.29 is 9.53 Å². The first kappa shape index (κ1) is 18.2. The van der Waals surface area contributed by atoms with Gasteiger partial charge in [0, 0.05) is 11.1 Å². The molecular formula is C22H26N2O2. The van der Waals surface area contributed by atoms with Gasteiger partial charge in [-0.3, -0.25) is 4.79 Å². The van der Waals surface area contributed by atoms with Crippen molar-refractivity contribution in [3.8, 4) is 5.75 Å². The molecule has 0 N–H and O–H groups in total. The molecule has 0 spiro atoms. The molecule has 26 heavy (non-hydrogen) atoms. The van der Waals surface area contributed by atoms with E-state index in [4.69, 9.17) is 4.74 Å². The summed E-state index contributed by atoms with van der Waals surface area (Å²) in [5, 5.41) is 6.55. The smallest absolute Gasteiger partial charge is 0.284 e. The molecule has 4 nitrogen and oxygen atoms in total. The molecule has 136 valence electrons. The highest BCUT2D eigenvalue weighted by molar-refractivity contribution is 5.88. The second-order valence-electron chi connectivity index (χ2n) is 7.15. The summed E-state index contributed by atoms with van der Waals surface area (Å²) in [4.78, 5) is 12.7. The van der Waals surface area contributed by atoms with Gasteiger partial charge in [-0.05, 0) is 49.6 Å². The van der Waals surface area contributed by atoms with Crippen LogP contribution in [0.1, 0.15) is 42.0 Å². The van der Waals surface area contributed by atoms with Crippen LogP contribution < -0.4 is 4.74 Å². The van der Waals surface area contributed by atoms with Crippen molar-refractivity contribution in [3.05, 3.63) is 59.4 Å². The Hall–Kier alpha value is -2.62. The summed E-state index contributed by atoms with van der Waals surface area (Å²) in [6.45, 7) is 8.32. The molecule has 0 aliphatic rings. The maximum atomic E-state index is 12.7. The summed E-state index contributed by atoms with van der Waals surface area (Å²) in [5.74, 6) is 1.20. The van der Waals surface area contributed by atoms with Crippen molar-refractivity contribution >= 4 is 16.7 Å². The van der Waals surface area contributed by atoms with E-state index in [1.54, 1.807) is 0 Å². The summed E-state index contributed by atoms with van der Waals surface area (Å²) in [7, 11) is 0. The molecule has 1 heterocycles. The first-order valence-electron chi connectivity index (χ1n) is 9.16. The molecule has 0 amide bonds. The van der Waals surface area contributed by atoms with Gasteiger partial charge in [0.25, 0.3) is 5.91 Å². The zero-order valence-corrected chi connectivity index (χ0v) is 16.0. The van der Waals surface area contributed by atoms with Gasteiger partial charge in [0.15, 0.2) is 6.61 Å². The fraction of sp³-hybridized carbons (Fsp3) is 0.364. The Morgan fingerprint density at radius 3 is 2.62 bits per heavy atom. The van der Waals surface area contributed by atoms with E-state index in [1.807, 2.05) is 56.3 Å². The van der Waals surface area contributed by atoms with Gasteiger partial charge in [-0.2, -0.15) is 5.10 Å². The quantitative estimate of drug-likeness (QED) is 0.631. The number of carbonyl (C=O) groups excluding carboxylic acids is 1. The van der Waals surface area contributed by atoms with Gasteiger partial charge in [0.05, 0.1) is 5.69 Å². The van der Waals surface area contributed by atoms with Crippen LogP contribution in [0.15, 0.2) is 42.5 Å². The maximum absolute atomic E-state index is 12.7. The zero-order valence-electron chi connectivity index (χ0n) is 16.0. The minimum atomic E-state index is -0.144. The number of nitrogens with zero attached hydrogens (tertiary/aromatic N) is 2. The number of aromatic nitrogens is 2. The molecule has 0 radical (unpaired) electrons. The van der Waals surface area contributed by atoms with Crippen LogP contribution in [0.3, 0.4) is 0 Å². The topological polar surface area (TPSA) is 44.1 Å². The molecule has 3 rings (SSSR count). The van der Waals surface area contributed by atoms with E-state index < -0.39 is 0 Å². The van der Waals surface area contributed by atoms with Crippen LogP contribution in [0, 0.1) is 19.8 Å². The Labute approximate surface area is 154 Å². The largest absolute Gasteiger partial charge is 0.483 e. The molecule has 2 aromatic carbocycles. The molecule has 1 aromatic heterocycles. The minimum absolute atomic E-state index is 0.0282. The number of ether oxygens (including phenoxy) is 1. The van der Waals surface area contributed by atoms with Crippen molar-refractivity contribution in [2.75, 3.05) is 6.61 Å². The average Bonchev–Trinajstić information content (AvgIpc) is 2.92. The van der Waals surface area contributed by atoms with Crippen molar-refractivity contribution in [2.24, 2.45) is 5.92 Å². The Morgan fingerprint density at radius 1 is 1.12 bits per heavy atom. The number of hydrogen-bond donors (Lipinski definition) is 0. The number of hydrogen-bond acceptors (Lipinski definition) is 3. The van der Waals surface area contributed by atoms with E-state index in [0.29, 0.717) is 5.92 Å². The van der Waals surface area contributed by atoms with Crippen molar-refractivity contribution in [3.63, 3.8) is 0 Å². The van der Waals surface area contributed by atoms with Gasteiger partial charge in [-0.25, -0.2) is 4.68 Å². The van der Waals surface area contributed by atoms with Crippen molar-refractivity contribution in [1.29, 1.82) is 0 Å². The summed E-state index contributed by atoms with van der Waals surface area (Å²) in [6, 6.07) is 13.9. The molecule has 0 aliphatic heterocycles. The molecule has 0 fully saturated rings. The molecule has 4 heteroatoms. The lowest BCUT2D eigenvalue weighted by molar-refractivity contribution is 0.0819. The fourth-order valence-corrected chi connectivity index (χ4v) is 3.23. The molecule has 3 aromatic rings. The van der Waals surface area contributed by atoms with E-state index in [-0.39, 0.29) is 12.5 Å². The standard InChI is InChI=1S/C22H26N2O2/c1-15(2)12-13-19-16(3)23-24(17(19)4)22(25)14-26-21-11-7-9-18-8-5-6-10-20(18)21/h5-11,15H,12-14H2,1-4H3. The Morgan fingerprint density at radius 2 is 1.85 bits per heavy atom. The van der Waals surface area contributed by atoms with E-state index >= 15 is 0 Å². The van der Waals surface area contributed by atoms with Crippen LogP contribution in [0.5, 0.6) is 5.75 Å². The van der Waals surface area contributed by atoms with Crippen LogP contribution in [0.2, 0.25) is 0 Å². The van der Waals surface area contributed by atoms with Gasteiger partial charge in [-0.1, -0.05) is 50.2 Å². The normalized spacial score (nSPS) is 11.3. The SMILES string of the molecule is Cc1nn(C(=O)COc2cccc3ccccc23)c(C)c1CCC(C)C. The van der Waals surface area contributed by atoms with E-state index in [0.717, 1.165) is 40.8 Å². The average molecular weight is 350 g/mol. The second kappa shape index (κ2) is 7.73. The van der Waals surface area contributed by atoms with Crippen LogP contribution in [0.4, 0.5) is 0 Å². The number of fused-ring (bicyclic) bond motifs is 1. The third-order valence-electron chi connectivity index (χ3n) is 4.75. The minimum Gasteiger partial charge on any atom is -0.483 e. The lowest BCUT2D eigenvalue weighted by Crippen LogP contribution is -2.22. The summed E-state index contributed by atoms with van der Waals surface area (Å²) >= 11 is 0. The number of carbonyl (C=O) groups is 1. The number of aryl methyl sites for hydroxylation is 1. The highest BCUT2D eigenvalue weighted by atomic mass is 16.5. The second-order valence-corrected chi connectivity index (χ2v) is 7.15. The molecular weight excluding hydrogens is 324 g/mol. The van der Waals surface area contributed by atoms with Crippen LogP contribution >= 0.6 is 0 Å². The van der Waals surface area contributed by atoms with Gasteiger partial charge in [-0.15, -0.1) is 0 Å². The number of rotatable bonds is 6. The van der Waals surface area contributed by atoms with Gasteiger partial charge < -0.3 is 4.74 Å². The Balaban J connectivity index is 1.75. The van der Waals surface area contributed by atoms with Crippen molar-refractivity contribution in [2.45, 2.75) is 40.5 Å². The van der Waals surface area contributed by atoms with Gasteiger partial charge in [0.2, 0.25) is 0 Å². The third kappa shape index (κ3) is 3.79. The number of benzene rings is 2. The molecule has 0 atom stereocenters. The third-order valence-corrected chi connectivity index (χ3v) is 4.75.